The predicted molar refractivity (Wildman–Crippen MR) is 84.2 cm³/mol. The van der Waals surface area contributed by atoms with Crippen molar-refractivity contribution in [2.75, 3.05) is 13.1 Å². The molecule has 0 bridgehead atoms. The Kier molecular flexibility index (Phi) is 4.01. The Hall–Kier alpha value is -1.01. The van der Waals surface area contributed by atoms with Gasteiger partial charge in [0.2, 0.25) is 5.91 Å². The highest BCUT2D eigenvalue weighted by molar-refractivity contribution is 6.42. The number of carbonyl (C=O) groups is 1. The first kappa shape index (κ1) is 15.9. The number of phenols is 1. The fourth-order valence-corrected chi connectivity index (χ4v) is 4.10. The summed E-state index contributed by atoms with van der Waals surface area (Å²) in [6, 6.07) is 2.97. The van der Waals surface area contributed by atoms with Gasteiger partial charge >= 0.3 is 0 Å². The third-order valence-corrected chi connectivity index (χ3v) is 5.55. The topological polar surface area (TPSA) is 86.8 Å². The number of nitrogens with zero attached hydrogens (tertiary/aromatic N) is 1. The Morgan fingerprint density at radius 1 is 1.41 bits per heavy atom. The van der Waals surface area contributed by atoms with E-state index in [9.17, 15) is 15.0 Å². The maximum absolute atomic E-state index is 12.3. The van der Waals surface area contributed by atoms with E-state index < -0.39 is 5.60 Å². The summed E-state index contributed by atoms with van der Waals surface area (Å²) in [6.07, 6.45) is 1.12. The maximum atomic E-state index is 12.3. The van der Waals surface area contributed by atoms with Gasteiger partial charge in [0.05, 0.1) is 22.1 Å². The average Bonchev–Trinajstić information content (AvgIpc) is 2.87. The summed E-state index contributed by atoms with van der Waals surface area (Å²) < 4.78 is 0. The zero-order valence-electron chi connectivity index (χ0n) is 11.9. The van der Waals surface area contributed by atoms with Crippen LogP contribution in [-0.2, 0) is 4.79 Å². The van der Waals surface area contributed by atoms with Crippen molar-refractivity contribution >= 4 is 29.1 Å². The molecule has 2 aliphatic heterocycles. The quantitative estimate of drug-likeness (QED) is 0.764. The molecule has 0 radical (unpaired) electrons. The van der Waals surface area contributed by atoms with Crippen LogP contribution < -0.4 is 5.73 Å². The van der Waals surface area contributed by atoms with Crippen molar-refractivity contribution in [3.63, 3.8) is 0 Å². The summed E-state index contributed by atoms with van der Waals surface area (Å²) in [4.78, 5) is 14.0. The molecule has 3 atom stereocenters. The zero-order valence-corrected chi connectivity index (χ0v) is 13.4. The van der Waals surface area contributed by atoms with Crippen LogP contribution in [0.1, 0.15) is 30.7 Å². The Bertz CT molecular complexity index is 625. The number of aromatic hydroxyl groups is 1. The van der Waals surface area contributed by atoms with Crippen LogP contribution in [0.5, 0.6) is 5.75 Å². The monoisotopic (exact) mass is 344 g/mol. The molecule has 0 unspecified atom stereocenters. The van der Waals surface area contributed by atoms with E-state index in [-0.39, 0.29) is 36.6 Å². The lowest BCUT2D eigenvalue weighted by molar-refractivity contribution is -0.145. The number of halogens is 2. The van der Waals surface area contributed by atoms with Crippen molar-refractivity contribution in [1.29, 1.82) is 0 Å². The van der Waals surface area contributed by atoms with Crippen molar-refractivity contribution < 1.29 is 15.0 Å². The lowest BCUT2D eigenvalue weighted by Crippen LogP contribution is -2.54. The number of benzene rings is 1. The Balaban J connectivity index is 1.89. The summed E-state index contributed by atoms with van der Waals surface area (Å²) in [5.41, 5.74) is 5.04. The number of carbonyl (C=O) groups excluding carboxylic acids is 1. The van der Waals surface area contributed by atoms with Crippen molar-refractivity contribution in [2.24, 2.45) is 5.73 Å². The van der Waals surface area contributed by atoms with Gasteiger partial charge in [0.1, 0.15) is 5.75 Å². The molecule has 3 rings (SSSR count). The highest BCUT2D eigenvalue weighted by Crippen LogP contribution is 2.45. The van der Waals surface area contributed by atoms with Gasteiger partial charge < -0.3 is 20.8 Å². The van der Waals surface area contributed by atoms with Crippen molar-refractivity contribution in [1.82, 2.24) is 4.90 Å². The minimum Gasteiger partial charge on any atom is -0.508 e. The van der Waals surface area contributed by atoms with Gasteiger partial charge in [0.15, 0.2) is 0 Å². The zero-order chi connectivity index (χ0) is 16.1. The predicted octanol–water partition coefficient (Wildman–Crippen LogP) is 1.87. The van der Waals surface area contributed by atoms with Gasteiger partial charge in [-0.1, -0.05) is 23.2 Å². The van der Waals surface area contributed by atoms with Crippen LogP contribution in [0.25, 0.3) is 0 Å². The minimum absolute atomic E-state index is 0.0436. The number of nitrogens with two attached hydrogens (primary N) is 1. The largest absolute Gasteiger partial charge is 0.508 e. The number of fused-ring (bicyclic) bond motifs is 1. The van der Waals surface area contributed by atoms with Crippen molar-refractivity contribution in [3.8, 4) is 5.75 Å². The SMILES string of the molecule is NC[C@]1(O)CC(=O)N2C[C@@H](c3c(O)ccc(Cl)c3Cl)C[C@H]2C1. The number of hydrogen-bond acceptors (Lipinski definition) is 4. The summed E-state index contributed by atoms with van der Waals surface area (Å²) >= 11 is 12.3. The number of amides is 1. The molecular formula is C15H18Cl2N2O3. The molecule has 120 valence electrons. The van der Waals surface area contributed by atoms with Gasteiger partial charge in [0, 0.05) is 30.6 Å². The first-order chi connectivity index (χ1) is 10.3. The molecule has 7 heteroatoms. The van der Waals surface area contributed by atoms with Gasteiger partial charge in [0.25, 0.3) is 0 Å². The first-order valence-electron chi connectivity index (χ1n) is 7.23. The lowest BCUT2D eigenvalue weighted by atomic mass is 9.85. The fourth-order valence-electron chi connectivity index (χ4n) is 3.62. The van der Waals surface area contributed by atoms with Crippen molar-refractivity contribution in [2.45, 2.75) is 36.8 Å². The van der Waals surface area contributed by atoms with Crippen molar-refractivity contribution in [3.05, 3.63) is 27.7 Å². The summed E-state index contributed by atoms with van der Waals surface area (Å²) in [5, 5.41) is 21.2. The third kappa shape index (κ3) is 2.56. The molecule has 5 nitrogen and oxygen atoms in total. The molecule has 1 aromatic rings. The van der Waals surface area contributed by atoms with Crippen LogP contribution in [0, 0.1) is 0 Å². The molecule has 2 heterocycles. The second-order valence-corrected chi connectivity index (χ2v) is 7.02. The fraction of sp³-hybridized carbons (Fsp3) is 0.533. The molecular weight excluding hydrogens is 327 g/mol. The van der Waals surface area contributed by atoms with Gasteiger partial charge in [-0.15, -0.1) is 0 Å². The second kappa shape index (κ2) is 5.57. The molecule has 1 aromatic carbocycles. The van der Waals surface area contributed by atoms with E-state index >= 15 is 0 Å². The van der Waals surface area contributed by atoms with Crippen LogP contribution in [0.2, 0.25) is 10.0 Å². The van der Waals surface area contributed by atoms with Gasteiger partial charge in [-0.25, -0.2) is 0 Å². The molecule has 2 saturated heterocycles. The molecule has 0 saturated carbocycles. The van der Waals surface area contributed by atoms with Crippen LogP contribution >= 0.6 is 23.2 Å². The molecule has 0 aromatic heterocycles. The van der Waals surface area contributed by atoms with E-state index in [1.807, 2.05) is 0 Å². The first-order valence-corrected chi connectivity index (χ1v) is 7.99. The van der Waals surface area contributed by atoms with E-state index in [0.717, 1.165) is 0 Å². The summed E-state index contributed by atoms with van der Waals surface area (Å²) in [6.45, 7) is 0.536. The highest BCUT2D eigenvalue weighted by Gasteiger charge is 2.47. The number of rotatable bonds is 2. The molecule has 0 spiro atoms. The number of hydrogen-bond donors (Lipinski definition) is 3. The summed E-state index contributed by atoms with van der Waals surface area (Å²) in [5.74, 6) is -0.120. The minimum atomic E-state index is -1.13. The van der Waals surface area contributed by atoms with Crippen LogP contribution in [-0.4, -0.2) is 45.8 Å². The molecule has 2 fully saturated rings. The van der Waals surface area contributed by atoms with Crippen LogP contribution in [0.3, 0.4) is 0 Å². The standard InChI is InChI=1S/C15H18Cl2N2O3/c16-10-1-2-11(20)13(14(10)17)8-3-9-4-15(22,7-18)5-12(21)19(9)6-8/h1-2,8-9,20,22H,3-7,18H2/t8-,9-,15+/m0/s1. The second-order valence-electron chi connectivity index (χ2n) is 6.24. The average molecular weight is 345 g/mol. The van der Waals surface area contributed by atoms with Gasteiger partial charge in [-0.2, -0.15) is 0 Å². The molecule has 2 aliphatic rings. The van der Waals surface area contributed by atoms with E-state index in [1.54, 1.807) is 11.0 Å². The Morgan fingerprint density at radius 3 is 2.82 bits per heavy atom. The number of phenolic OH excluding ortho intramolecular Hbond substituents is 1. The van der Waals surface area contributed by atoms with Gasteiger partial charge in [-0.3, -0.25) is 4.79 Å². The van der Waals surface area contributed by atoms with E-state index in [0.29, 0.717) is 35.0 Å². The lowest BCUT2D eigenvalue weighted by Gasteiger charge is -2.39. The summed E-state index contributed by atoms with van der Waals surface area (Å²) in [7, 11) is 0. The third-order valence-electron chi connectivity index (χ3n) is 4.73. The van der Waals surface area contributed by atoms with E-state index in [2.05, 4.69) is 0 Å². The van der Waals surface area contributed by atoms with E-state index in [1.165, 1.54) is 6.07 Å². The molecule has 1 amide bonds. The normalized spacial score (nSPS) is 31.5. The van der Waals surface area contributed by atoms with Crippen LogP contribution in [0.15, 0.2) is 12.1 Å². The highest BCUT2D eigenvalue weighted by atomic mass is 35.5. The number of aliphatic hydroxyl groups is 1. The van der Waals surface area contributed by atoms with Crippen LogP contribution in [0.4, 0.5) is 0 Å². The molecule has 22 heavy (non-hydrogen) atoms. The molecule has 4 N–H and O–H groups in total. The van der Waals surface area contributed by atoms with E-state index in [4.69, 9.17) is 28.9 Å². The maximum Gasteiger partial charge on any atom is 0.225 e. The Labute approximate surface area is 138 Å². The Morgan fingerprint density at radius 2 is 2.14 bits per heavy atom. The smallest absolute Gasteiger partial charge is 0.225 e. The van der Waals surface area contributed by atoms with Gasteiger partial charge in [-0.05, 0) is 25.0 Å². The number of piperidine rings is 1. The molecule has 0 aliphatic carbocycles.